The molecule has 0 aliphatic rings. The van der Waals surface area contributed by atoms with Gasteiger partial charge in [0.1, 0.15) is 39.6 Å². The van der Waals surface area contributed by atoms with E-state index in [9.17, 15) is 43.1 Å². The average molecular weight is 688 g/mol. The molecule has 260 valence electrons. The average Bonchev–Trinajstić information content (AvgIpc) is 2.97. The lowest BCUT2D eigenvalue weighted by Crippen LogP contribution is -2.46. The molecular formula is C23H34N3O19P. The highest BCUT2D eigenvalue weighted by molar-refractivity contribution is 7.46. The maximum absolute atomic E-state index is 12.2. The third-order valence-corrected chi connectivity index (χ3v) is 5.05. The molecule has 3 amide bonds. The van der Waals surface area contributed by atoms with Gasteiger partial charge in [0.15, 0.2) is 17.3 Å². The Balaban J connectivity index is 5.52. The molecule has 0 aromatic carbocycles. The number of esters is 3. The molecule has 0 radical (unpaired) electrons. The summed E-state index contributed by atoms with van der Waals surface area (Å²) in [7, 11) is -5.22. The topological polar surface area (TPSA) is 321 Å². The van der Waals surface area contributed by atoms with Crippen molar-refractivity contribution in [2.75, 3.05) is 65.9 Å². The quantitative estimate of drug-likeness (QED) is 0.0181. The first-order valence-corrected chi connectivity index (χ1v) is 14.0. The molecule has 0 bridgehead atoms. The summed E-state index contributed by atoms with van der Waals surface area (Å²) in [6, 6.07) is 0. The molecule has 0 atom stereocenters. The number of carbonyl (C=O) groups is 6. The molecule has 0 unspecified atom stereocenters. The van der Waals surface area contributed by atoms with Gasteiger partial charge >= 0.3 is 44.0 Å². The van der Waals surface area contributed by atoms with Gasteiger partial charge in [-0.3, -0.25) is 4.52 Å². The molecule has 0 rings (SSSR count). The molecule has 0 heterocycles. The summed E-state index contributed by atoms with van der Waals surface area (Å²) in [5.74, 6) is -6.16. The van der Waals surface area contributed by atoms with Crippen LogP contribution in [0.3, 0.4) is 0 Å². The number of ether oxygens (including phenoxy) is 6. The second-order valence-corrected chi connectivity index (χ2v) is 9.76. The van der Waals surface area contributed by atoms with Gasteiger partial charge in [-0.25, -0.2) is 33.3 Å². The maximum atomic E-state index is 12.2. The van der Waals surface area contributed by atoms with E-state index in [1.54, 1.807) is 0 Å². The van der Waals surface area contributed by atoms with Crippen LogP contribution in [-0.2, 0) is 51.9 Å². The Labute approximate surface area is 260 Å². The lowest BCUT2D eigenvalue weighted by atomic mass is 9.92. The number of phosphoric ester groups is 1. The number of alkyl carbamates (subject to hydrolysis) is 3. The third kappa shape index (κ3) is 20.0. The highest BCUT2D eigenvalue weighted by Gasteiger charge is 2.39. The van der Waals surface area contributed by atoms with Gasteiger partial charge < -0.3 is 69.5 Å². The summed E-state index contributed by atoms with van der Waals surface area (Å²) in [5, 5.41) is 33.1. The number of rotatable bonds is 21. The van der Waals surface area contributed by atoms with Crippen LogP contribution >= 0.6 is 7.82 Å². The Morgan fingerprint density at radius 3 is 1.07 bits per heavy atom. The van der Waals surface area contributed by atoms with Crippen molar-refractivity contribution in [1.29, 1.82) is 0 Å². The summed E-state index contributed by atoms with van der Waals surface area (Å²) in [6.45, 7) is 2.78. The van der Waals surface area contributed by atoms with Crippen molar-refractivity contribution in [3.05, 3.63) is 37.0 Å². The fourth-order valence-electron chi connectivity index (χ4n) is 2.42. The van der Waals surface area contributed by atoms with Crippen LogP contribution < -0.4 is 16.0 Å². The van der Waals surface area contributed by atoms with Gasteiger partial charge in [-0.2, -0.15) is 0 Å². The monoisotopic (exact) mass is 687 g/mol. The van der Waals surface area contributed by atoms with Gasteiger partial charge in [0, 0.05) is 0 Å². The summed E-state index contributed by atoms with van der Waals surface area (Å²) < 4.78 is 44.6. The minimum Gasteiger partial charge on any atom is -0.502 e. The molecule has 0 saturated heterocycles. The predicted molar refractivity (Wildman–Crippen MR) is 147 cm³/mol. The summed E-state index contributed by atoms with van der Waals surface area (Å²) >= 11 is 0. The minimum absolute atomic E-state index is 0.343. The minimum atomic E-state index is -5.22. The van der Waals surface area contributed by atoms with Crippen LogP contribution in [-0.4, -0.2) is 127 Å². The van der Waals surface area contributed by atoms with Crippen LogP contribution in [0, 0.1) is 5.41 Å². The number of aliphatic hydroxyl groups excluding tert-OH is 3. The largest absolute Gasteiger partial charge is 0.502 e. The van der Waals surface area contributed by atoms with Gasteiger partial charge in [0.2, 0.25) is 0 Å². The SMILES string of the molecule is C=C(O)C(=O)OCCNC(=O)OCC(COC(=O)NCCOC(=O)C(=C)O)(COC(=O)NCCOC(=O)C(=C)O)COP(=O)(O)O. The molecule has 0 aromatic rings. The van der Waals surface area contributed by atoms with Gasteiger partial charge in [-0.15, -0.1) is 0 Å². The zero-order chi connectivity index (χ0) is 35.3. The first-order valence-electron chi connectivity index (χ1n) is 12.4. The number of hydrogen-bond acceptors (Lipinski definition) is 17. The van der Waals surface area contributed by atoms with Crippen LogP contribution in [0.5, 0.6) is 0 Å². The van der Waals surface area contributed by atoms with Crippen molar-refractivity contribution in [2.24, 2.45) is 5.41 Å². The van der Waals surface area contributed by atoms with E-state index in [1.807, 2.05) is 0 Å². The van der Waals surface area contributed by atoms with E-state index in [4.69, 9.17) is 29.5 Å². The van der Waals surface area contributed by atoms with Gasteiger partial charge in [-0.1, -0.05) is 0 Å². The Morgan fingerprint density at radius 2 is 0.826 bits per heavy atom. The van der Waals surface area contributed by atoms with E-state index in [1.165, 1.54) is 0 Å². The van der Waals surface area contributed by atoms with Crippen molar-refractivity contribution < 1.29 is 91.4 Å². The van der Waals surface area contributed by atoms with Gasteiger partial charge in [-0.05, 0) is 19.7 Å². The van der Waals surface area contributed by atoms with Crippen molar-refractivity contribution in [2.45, 2.75) is 0 Å². The summed E-state index contributed by atoms with van der Waals surface area (Å²) in [5.41, 5.74) is -2.00. The standard InChI is InChI=1S/C23H34N3O19P/c1-14(27)17(30)39-7-4-24-20(33)42-10-23(13-45-46(36,37)38,11-43-21(34)25-5-8-40-18(31)15(2)28)12-44-22(35)26-6-9-41-19(32)16(3)29/h27-29H,1-13H2,(H,24,33)(H,25,34)(H,26,35)(H2,36,37,38). The zero-order valence-corrected chi connectivity index (χ0v) is 25.0. The molecule has 0 aliphatic heterocycles. The Bertz CT molecular complexity index is 1060. The number of nitrogens with one attached hydrogen (secondary N) is 3. The molecule has 0 aromatic heterocycles. The fourth-order valence-corrected chi connectivity index (χ4v) is 2.86. The Hall–Kier alpha value is -5.05. The van der Waals surface area contributed by atoms with E-state index in [0.29, 0.717) is 0 Å². The maximum Gasteiger partial charge on any atom is 0.469 e. The van der Waals surface area contributed by atoms with E-state index >= 15 is 0 Å². The molecule has 46 heavy (non-hydrogen) atoms. The fraction of sp³-hybridized carbons (Fsp3) is 0.478. The van der Waals surface area contributed by atoms with E-state index in [-0.39, 0.29) is 19.6 Å². The number of phosphoric acid groups is 1. The second-order valence-electron chi connectivity index (χ2n) is 8.52. The molecule has 0 saturated carbocycles. The van der Waals surface area contributed by atoms with Crippen LogP contribution in [0.2, 0.25) is 0 Å². The van der Waals surface area contributed by atoms with Crippen molar-refractivity contribution >= 4 is 44.0 Å². The van der Waals surface area contributed by atoms with E-state index < -0.39 is 113 Å². The summed E-state index contributed by atoms with van der Waals surface area (Å²) in [6.07, 6.45) is -3.60. The third-order valence-electron chi connectivity index (χ3n) is 4.59. The Kier molecular flexibility index (Phi) is 18.5. The highest BCUT2D eigenvalue weighted by atomic mass is 31.2. The van der Waals surface area contributed by atoms with Crippen molar-refractivity contribution in [3.63, 3.8) is 0 Å². The number of aliphatic hydroxyl groups is 3. The molecule has 22 nitrogen and oxygen atoms in total. The molecule has 0 spiro atoms. The molecule has 23 heteroatoms. The number of carbonyl (C=O) groups excluding carboxylic acids is 6. The lowest BCUT2D eigenvalue weighted by molar-refractivity contribution is -0.142. The molecule has 0 aliphatic carbocycles. The second kappa shape index (κ2) is 20.8. The van der Waals surface area contributed by atoms with Crippen LogP contribution in [0.15, 0.2) is 37.0 Å². The first-order chi connectivity index (χ1) is 21.4. The normalized spacial score (nSPS) is 10.7. The smallest absolute Gasteiger partial charge is 0.469 e. The van der Waals surface area contributed by atoms with E-state index in [2.05, 4.69) is 54.4 Å². The van der Waals surface area contributed by atoms with Gasteiger partial charge in [0.25, 0.3) is 0 Å². The highest BCUT2D eigenvalue weighted by Crippen LogP contribution is 2.38. The van der Waals surface area contributed by atoms with Crippen LogP contribution in [0.1, 0.15) is 0 Å². The predicted octanol–water partition coefficient (Wildman–Crippen LogP) is -0.895. The molecular weight excluding hydrogens is 653 g/mol. The molecule has 0 fully saturated rings. The van der Waals surface area contributed by atoms with Crippen molar-refractivity contribution in [1.82, 2.24) is 16.0 Å². The zero-order valence-electron chi connectivity index (χ0n) is 24.1. The van der Waals surface area contributed by atoms with Crippen molar-refractivity contribution in [3.8, 4) is 0 Å². The Morgan fingerprint density at radius 1 is 0.543 bits per heavy atom. The van der Waals surface area contributed by atoms with E-state index in [0.717, 1.165) is 0 Å². The summed E-state index contributed by atoms with van der Waals surface area (Å²) in [4.78, 5) is 88.6. The van der Waals surface area contributed by atoms with Crippen LogP contribution in [0.4, 0.5) is 14.4 Å². The number of amides is 3. The van der Waals surface area contributed by atoms with Crippen LogP contribution in [0.25, 0.3) is 0 Å². The molecule has 8 N–H and O–H groups in total. The van der Waals surface area contributed by atoms with Gasteiger partial charge in [0.05, 0.1) is 31.7 Å². The first kappa shape index (κ1) is 40.9. The number of hydrogen-bond donors (Lipinski definition) is 8. The lowest BCUT2D eigenvalue weighted by Gasteiger charge is -2.31.